The van der Waals surface area contributed by atoms with Gasteiger partial charge in [0.05, 0.1) is 11.5 Å². The minimum absolute atomic E-state index is 0.0331. The number of carbonyl (C=O) groups is 1. The van der Waals surface area contributed by atoms with Crippen molar-refractivity contribution in [3.63, 3.8) is 0 Å². The molecule has 0 saturated carbocycles. The number of rotatable bonds is 3. The molecule has 7 heteroatoms. The minimum Gasteiger partial charge on any atom is -0.435 e. The van der Waals surface area contributed by atoms with E-state index in [2.05, 4.69) is 4.90 Å². The maximum atomic E-state index is 12.0. The first kappa shape index (κ1) is 18.4. The molecule has 0 aliphatic carbocycles. The van der Waals surface area contributed by atoms with Crippen molar-refractivity contribution in [3.8, 4) is 0 Å². The zero-order valence-corrected chi connectivity index (χ0v) is 14.7. The number of hydrogen-bond acceptors (Lipinski definition) is 4. The fourth-order valence-corrected chi connectivity index (χ4v) is 3.82. The van der Waals surface area contributed by atoms with Crippen molar-refractivity contribution in [3.05, 3.63) is 39.9 Å². The van der Waals surface area contributed by atoms with Crippen LogP contribution >= 0.6 is 0 Å². The lowest BCUT2D eigenvalue weighted by molar-refractivity contribution is -0.929. The van der Waals surface area contributed by atoms with E-state index in [1.165, 1.54) is 12.1 Å². The van der Waals surface area contributed by atoms with Crippen LogP contribution in [0.2, 0.25) is 0 Å². The summed E-state index contributed by atoms with van der Waals surface area (Å²) in [4.78, 5) is 24.5. The summed E-state index contributed by atoms with van der Waals surface area (Å²) in [5.41, 5.74) is 0.712. The second-order valence-electron chi connectivity index (χ2n) is 7.55. The van der Waals surface area contributed by atoms with Crippen molar-refractivity contribution in [1.29, 1.82) is 0 Å². The summed E-state index contributed by atoms with van der Waals surface area (Å²) in [6.07, 6.45) is -0.773. The number of quaternary nitrogens is 1. The molecule has 1 aliphatic heterocycles. The van der Waals surface area contributed by atoms with Gasteiger partial charge in [-0.05, 0) is 33.3 Å². The first-order valence-electron chi connectivity index (χ1n) is 8.15. The largest absolute Gasteiger partial charge is 0.514 e. The molecule has 1 unspecified atom stereocenters. The summed E-state index contributed by atoms with van der Waals surface area (Å²) in [6.45, 7) is 10.5. The van der Waals surface area contributed by atoms with Crippen LogP contribution in [0.4, 0.5) is 10.5 Å². The molecule has 1 saturated heterocycles. The van der Waals surface area contributed by atoms with Gasteiger partial charge in [-0.2, -0.15) is 4.79 Å². The highest BCUT2D eigenvalue weighted by Crippen LogP contribution is 2.32. The number of non-ortho nitro benzene ring substituents is 1. The van der Waals surface area contributed by atoms with Gasteiger partial charge in [-0.25, -0.2) is 4.48 Å². The van der Waals surface area contributed by atoms with Crippen molar-refractivity contribution in [1.82, 2.24) is 4.90 Å². The van der Waals surface area contributed by atoms with E-state index in [1.807, 2.05) is 27.7 Å². The molecule has 1 N–H and O–H groups in total. The Morgan fingerprint density at radius 3 is 2.38 bits per heavy atom. The maximum absolute atomic E-state index is 12.0. The molecule has 1 aliphatic rings. The van der Waals surface area contributed by atoms with Crippen LogP contribution in [0.1, 0.15) is 33.3 Å². The first-order valence-corrected chi connectivity index (χ1v) is 8.15. The molecule has 24 heavy (non-hydrogen) atoms. The Labute approximate surface area is 142 Å². The molecule has 1 heterocycles. The Balaban J connectivity index is 2.10. The first-order chi connectivity index (χ1) is 11.1. The molecule has 1 aromatic rings. The Kier molecular flexibility index (Phi) is 4.96. The van der Waals surface area contributed by atoms with Crippen molar-refractivity contribution in [2.24, 2.45) is 0 Å². The molecule has 0 bridgehead atoms. The van der Waals surface area contributed by atoms with E-state index in [4.69, 9.17) is 0 Å². The fourth-order valence-electron chi connectivity index (χ4n) is 3.82. The van der Waals surface area contributed by atoms with Crippen LogP contribution in [-0.4, -0.2) is 56.7 Å². The lowest BCUT2D eigenvalue weighted by Crippen LogP contribution is -2.73. The quantitative estimate of drug-likeness (QED) is 0.521. The number of amides is 1. The molecule has 0 spiro atoms. The highest BCUT2D eigenvalue weighted by molar-refractivity contribution is 5.58. The van der Waals surface area contributed by atoms with Crippen molar-refractivity contribution in [2.45, 2.75) is 45.8 Å². The SMILES string of the molecule is C[C@H]1CN(Cc2ccc([N+](=O)[O-])cc2)CC[N+]1(C(=O)O)C(C)(C)C. The van der Waals surface area contributed by atoms with E-state index in [0.29, 0.717) is 26.2 Å². The van der Waals surface area contributed by atoms with E-state index in [-0.39, 0.29) is 21.8 Å². The third-order valence-corrected chi connectivity index (χ3v) is 5.14. The molecule has 1 amide bonds. The Morgan fingerprint density at radius 1 is 1.38 bits per heavy atom. The number of benzene rings is 1. The van der Waals surface area contributed by atoms with Crippen LogP contribution in [0.15, 0.2) is 24.3 Å². The second-order valence-corrected chi connectivity index (χ2v) is 7.55. The molecular weight excluding hydrogens is 310 g/mol. The highest BCUT2D eigenvalue weighted by atomic mass is 16.6. The average molecular weight is 336 g/mol. The molecule has 2 atom stereocenters. The van der Waals surface area contributed by atoms with Crippen molar-refractivity contribution < 1.29 is 19.3 Å². The van der Waals surface area contributed by atoms with Gasteiger partial charge in [-0.1, -0.05) is 12.1 Å². The van der Waals surface area contributed by atoms with Gasteiger partial charge in [-0.15, -0.1) is 0 Å². The molecule has 2 rings (SSSR count). The van der Waals surface area contributed by atoms with E-state index in [0.717, 1.165) is 5.56 Å². The van der Waals surface area contributed by atoms with Gasteiger partial charge in [0.1, 0.15) is 18.1 Å². The fraction of sp³-hybridized carbons (Fsp3) is 0.588. The smallest absolute Gasteiger partial charge is 0.435 e. The summed E-state index contributed by atoms with van der Waals surface area (Å²) in [5.74, 6) is 0. The third kappa shape index (κ3) is 3.27. The van der Waals surface area contributed by atoms with Gasteiger partial charge < -0.3 is 5.11 Å². The molecular formula is C17H26N3O4+. The molecule has 132 valence electrons. The topological polar surface area (TPSA) is 83.7 Å². The minimum atomic E-state index is -0.773. The lowest BCUT2D eigenvalue weighted by atomic mass is 9.95. The normalized spacial score (nSPS) is 25.4. The van der Waals surface area contributed by atoms with Gasteiger partial charge in [0, 0.05) is 25.2 Å². The summed E-state index contributed by atoms with van der Waals surface area (Å²) in [6, 6.07) is 6.51. The number of carboxylic acid groups (broad SMARTS) is 1. The van der Waals surface area contributed by atoms with E-state index >= 15 is 0 Å². The summed E-state index contributed by atoms with van der Waals surface area (Å²) in [7, 11) is 0. The van der Waals surface area contributed by atoms with Gasteiger partial charge in [0.2, 0.25) is 0 Å². The van der Waals surface area contributed by atoms with Crippen LogP contribution in [0.5, 0.6) is 0 Å². The molecule has 1 aromatic carbocycles. The van der Waals surface area contributed by atoms with Gasteiger partial charge in [0.15, 0.2) is 0 Å². The Morgan fingerprint density at radius 2 is 1.96 bits per heavy atom. The number of nitro benzene ring substituents is 1. The van der Waals surface area contributed by atoms with Gasteiger partial charge in [-0.3, -0.25) is 15.0 Å². The predicted octanol–water partition coefficient (Wildman–Crippen LogP) is 3.09. The highest BCUT2D eigenvalue weighted by Gasteiger charge is 2.54. The monoisotopic (exact) mass is 336 g/mol. The Bertz CT molecular complexity index is 624. The number of hydrogen-bond donors (Lipinski definition) is 1. The van der Waals surface area contributed by atoms with Gasteiger partial charge >= 0.3 is 6.09 Å². The maximum Gasteiger partial charge on any atom is 0.514 e. The molecule has 7 nitrogen and oxygen atoms in total. The second kappa shape index (κ2) is 6.49. The van der Waals surface area contributed by atoms with E-state index in [9.17, 15) is 20.0 Å². The average Bonchev–Trinajstić information content (AvgIpc) is 2.46. The number of nitrogens with zero attached hydrogens (tertiary/aromatic N) is 3. The molecule has 0 aromatic heterocycles. The van der Waals surface area contributed by atoms with Crippen LogP contribution in [0.25, 0.3) is 0 Å². The van der Waals surface area contributed by atoms with Crippen molar-refractivity contribution >= 4 is 11.8 Å². The van der Waals surface area contributed by atoms with E-state index in [1.54, 1.807) is 12.1 Å². The summed E-state index contributed by atoms with van der Waals surface area (Å²) < 4.78 is 0.0593. The summed E-state index contributed by atoms with van der Waals surface area (Å²) >= 11 is 0. The number of piperazine rings is 1. The lowest BCUT2D eigenvalue weighted by Gasteiger charge is -2.52. The van der Waals surface area contributed by atoms with Crippen molar-refractivity contribution in [2.75, 3.05) is 19.6 Å². The van der Waals surface area contributed by atoms with Crippen LogP contribution in [0, 0.1) is 10.1 Å². The molecule has 1 fully saturated rings. The van der Waals surface area contributed by atoms with E-state index < -0.39 is 11.0 Å². The van der Waals surface area contributed by atoms with Crippen LogP contribution in [-0.2, 0) is 6.54 Å². The zero-order valence-electron chi connectivity index (χ0n) is 14.7. The van der Waals surface area contributed by atoms with Gasteiger partial charge in [0.25, 0.3) is 5.69 Å². The number of nitro groups is 1. The Hall–Kier alpha value is -1.99. The molecule has 0 radical (unpaired) electrons. The summed E-state index contributed by atoms with van der Waals surface area (Å²) in [5, 5.41) is 20.6. The van der Waals surface area contributed by atoms with Crippen LogP contribution in [0.3, 0.4) is 0 Å². The van der Waals surface area contributed by atoms with Crippen LogP contribution < -0.4 is 0 Å². The third-order valence-electron chi connectivity index (χ3n) is 5.14. The predicted molar refractivity (Wildman–Crippen MR) is 90.7 cm³/mol. The zero-order chi connectivity index (χ0) is 18.1. The standard InChI is InChI=1S/C17H25N3O4/c1-13-11-18(9-10-20(13,16(21)22)17(2,3)4)12-14-5-7-15(8-6-14)19(23)24/h5-8,13H,9-12H2,1-4H3/p+1/t13-,20?/m0/s1.